The number of pyridine rings is 2. The standard InChI is InChI=1S/C24H21N7O2/c1-13-7-15(10-25)26-11-19(13)33-20-9-18(21-22(29-20)31(4)12-27-21)28-14-5-6-17-16(8-14)23(32)30-24(17,2)3/h5-9,11-12H,1-4H3,(H,28,29)(H,30,32). The van der Waals surface area contributed by atoms with E-state index in [-0.39, 0.29) is 5.91 Å². The molecule has 3 aromatic heterocycles. The number of hydrogen-bond acceptors (Lipinski definition) is 7. The second-order valence-corrected chi connectivity index (χ2v) is 8.55. The molecule has 0 saturated heterocycles. The fraction of sp³-hybridized carbons (Fsp3) is 0.208. The first kappa shape index (κ1) is 20.5. The van der Waals surface area contributed by atoms with E-state index >= 15 is 0 Å². The van der Waals surface area contributed by atoms with E-state index in [4.69, 9.17) is 10.00 Å². The molecule has 1 amide bonds. The molecule has 5 rings (SSSR count). The summed E-state index contributed by atoms with van der Waals surface area (Å²) in [5.41, 5.74) is 5.05. The van der Waals surface area contributed by atoms with Crippen molar-refractivity contribution in [3.05, 3.63) is 65.2 Å². The van der Waals surface area contributed by atoms with Gasteiger partial charge in [0.25, 0.3) is 5.91 Å². The van der Waals surface area contributed by atoms with Gasteiger partial charge in [-0.05, 0) is 50.1 Å². The molecule has 0 radical (unpaired) electrons. The van der Waals surface area contributed by atoms with Crippen molar-refractivity contribution in [3.8, 4) is 17.7 Å². The number of carbonyl (C=O) groups excluding carboxylic acids is 1. The number of aromatic nitrogens is 4. The number of amides is 1. The SMILES string of the molecule is Cc1cc(C#N)ncc1Oc1cc(Nc2ccc3c(c2)C(=O)NC3(C)C)c2ncn(C)c2n1. The number of aryl methyl sites for hydroxylation is 2. The van der Waals surface area contributed by atoms with Crippen LogP contribution in [0.15, 0.2) is 42.9 Å². The molecule has 9 nitrogen and oxygen atoms in total. The van der Waals surface area contributed by atoms with E-state index in [9.17, 15) is 4.79 Å². The average molecular weight is 439 g/mol. The zero-order valence-electron chi connectivity index (χ0n) is 18.6. The molecule has 4 heterocycles. The van der Waals surface area contributed by atoms with E-state index in [0.29, 0.717) is 39.7 Å². The van der Waals surface area contributed by atoms with Gasteiger partial charge in [0.2, 0.25) is 5.88 Å². The van der Waals surface area contributed by atoms with Crippen molar-refractivity contribution in [1.82, 2.24) is 24.8 Å². The molecule has 9 heteroatoms. The molecule has 164 valence electrons. The lowest BCUT2D eigenvalue weighted by Crippen LogP contribution is -2.32. The summed E-state index contributed by atoms with van der Waals surface area (Å²) in [5.74, 6) is 0.762. The van der Waals surface area contributed by atoms with Crippen LogP contribution in [0.2, 0.25) is 0 Å². The molecular formula is C24H21N7O2. The summed E-state index contributed by atoms with van der Waals surface area (Å²) in [7, 11) is 1.85. The van der Waals surface area contributed by atoms with Gasteiger partial charge in [-0.1, -0.05) is 6.07 Å². The first-order valence-corrected chi connectivity index (χ1v) is 10.4. The average Bonchev–Trinajstić information content (AvgIpc) is 3.26. The number of anilines is 2. The van der Waals surface area contributed by atoms with Gasteiger partial charge in [0.05, 0.1) is 23.8 Å². The van der Waals surface area contributed by atoms with Crippen LogP contribution in [0.25, 0.3) is 11.2 Å². The molecule has 1 aromatic carbocycles. The molecule has 2 N–H and O–H groups in total. The maximum absolute atomic E-state index is 12.4. The van der Waals surface area contributed by atoms with Gasteiger partial charge in [0, 0.05) is 24.4 Å². The Morgan fingerprint density at radius 2 is 2.03 bits per heavy atom. The zero-order valence-corrected chi connectivity index (χ0v) is 18.6. The molecule has 0 spiro atoms. The largest absolute Gasteiger partial charge is 0.437 e. The highest BCUT2D eigenvalue weighted by atomic mass is 16.5. The Bertz CT molecular complexity index is 1480. The van der Waals surface area contributed by atoms with Crippen LogP contribution in [-0.4, -0.2) is 25.4 Å². The minimum Gasteiger partial charge on any atom is -0.437 e. The summed E-state index contributed by atoms with van der Waals surface area (Å²) in [6.45, 7) is 5.80. The predicted molar refractivity (Wildman–Crippen MR) is 122 cm³/mol. The normalized spacial score (nSPS) is 14.0. The van der Waals surface area contributed by atoms with E-state index in [1.807, 2.05) is 52.1 Å². The number of imidazole rings is 1. The minimum atomic E-state index is -0.399. The van der Waals surface area contributed by atoms with Crippen molar-refractivity contribution in [1.29, 1.82) is 5.26 Å². The third-order valence-electron chi connectivity index (χ3n) is 5.68. The maximum Gasteiger partial charge on any atom is 0.252 e. The summed E-state index contributed by atoms with van der Waals surface area (Å²) in [4.78, 5) is 25.6. The quantitative estimate of drug-likeness (QED) is 0.492. The van der Waals surface area contributed by atoms with Gasteiger partial charge in [-0.2, -0.15) is 10.2 Å². The maximum atomic E-state index is 12.4. The molecule has 0 bridgehead atoms. The molecule has 1 aliphatic heterocycles. The van der Waals surface area contributed by atoms with Crippen molar-refractivity contribution in [2.45, 2.75) is 26.3 Å². The Hall–Kier alpha value is -4.45. The van der Waals surface area contributed by atoms with Gasteiger partial charge < -0.3 is 19.9 Å². The highest BCUT2D eigenvalue weighted by Crippen LogP contribution is 2.35. The van der Waals surface area contributed by atoms with Crippen molar-refractivity contribution < 1.29 is 9.53 Å². The number of nitrogens with one attached hydrogen (secondary N) is 2. The number of benzene rings is 1. The number of nitriles is 1. The Morgan fingerprint density at radius 3 is 2.79 bits per heavy atom. The van der Waals surface area contributed by atoms with Crippen LogP contribution < -0.4 is 15.4 Å². The Labute approximate surface area is 190 Å². The summed E-state index contributed by atoms with van der Waals surface area (Å²) in [5, 5.41) is 15.4. The summed E-state index contributed by atoms with van der Waals surface area (Å²) >= 11 is 0. The van der Waals surface area contributed by atoms with Gasteiger partial charge in [-0.15, -0.1) is 0 Å². The first-order chi connectivity index (χ1) is 15.7. The fourth-order valence-electron chi connectivity index (χ4n) is 3.97. The minimum absolute atomic E-state index is 0.0934. The van der Waals surface area contributed by atoms with Crippen molar-refractivity contribution in [2.24, 2.45) is 7.05 Å². The van der Waals surface area contributed by atoms with Crippen LogP contribution in [0.4, 0.5) is 11.4 Å². The first-order valence-electron chi connectivity index (χ1n) is 10.4. The van der Waals surface area contributed by atoms with Gasteiger partial charge >= 0.3 is 0 Å². The van der Waals surface area contributed by atoms with E-state index in [2.05, 4.69) is 25.6 Å². The molecule has 0 aliphatic carbocycles. The van der Waals surface area contributed by atoms with E-state index in [1.165, 1.54) is 6.20 Å². The molecule has 0 atom stereocenters. The number of ether oxygens (including phenoxy) is 1. The molecule has 33 heavy (non-hydrogen) atoms. The van der Waals surface area contributed by atoms with Crippen LogP contribution in [0.5, 0.6) is 11.6 Å². The van der Waals surface area contributed by atoms with Crippen LogP contribution in [0.1, 0.15) is 41.0 Å². The molecule has 0 fully saturated rings. The van der Waals surface area contributed by atoms with Crippen LogP contribution in [0, 0.1) is 18.3 Å². The third-order valence-corrected chi connectivity index (χ3v) is 5.68. The summed E-state index contributed by atoms with van der Waals surface area (Å²) < 4.78 is 7.81. The monoisotopic (exact) mass is 439 g/mol. The molecular weight excluding hydrogens is 418 g/mol. The topological polar surface area (TPSA) is 118 Å². The summed E-state index contributed by atoms with van der Waals surface area (Å²) in [6, 6.07) is 11.2. The van der Waals surface area contributed by atoms with Gasteiger partial charge in [-0.25, -0.2) is 9.97 Å². The smallest absolute Gasteiger partial charge is 0.252 e. The van der Waals surface area contributed by atoms with Crippen molar-refractivity contribution >= 4 is 28.4 Å². The lowest BCUT2D eigenvalue weighted by Gasteiger charge is -2.19. The molecule has 1 aliphatic rings. The second-order valence-electron chi connectivity index (χ2n) is 8.55. The lowest BCUT2D eigenvalue weighted by molar-refractivity contribution is 0.0940. The van der Waals surface area contributed by atoms with Crippen LogP contribution in [0.3, 0.4) is 0 Å². The van der Waals surface area contributed by atoms with Gasteiger partial charge in [-0.3, -0.25) is 4.79 Å². The number of fused-ring (bicyclic) bond motifs is 2. The Balaban J connectivity index is 1.53. The highest BCUT2D eigenvalue weighted by molar-refractivity contribution is 6.01. The van der Waals surface area contributed by atoms with Crippen molar-refractivity contribution in [3.63, 3.8) is 0 Å². The Morgan fingerprint density at radius 1 is 1.21 bits per heavy atom. The molecule has 4 aromatic rings. The van der Waals surface area contributed by atoms with E-state index in [1.54, 1.807) is 23.0 Å². The van der Waals surface area contributed by atoms with Gasteiger partial charge in [0.1, 0.15) is 17.3 Å². The molecule has 0 unspecified atom stereocenters. The third kappa shape index (κ3) is 3.51. The van der Waals surface area contributed by atoms with E-state index in [0.717, 1.165) is 16.8 Å². The van der Waals surface area contributed by atoms with Gasteiger partial charge in [0.15, 0.2) is 11.4 Å². The number of hydrogen-bond donors (Lipinski definition) is 2. The highest BCUT2D eigenvalue weighted by Gasteiger charge is 2.34. The predicted octanol–water partition coefficient (Wildman–Crippen LogP) is 4.06. The fourth-order valence-corrected chi connectivity index (χ4v) is 3.97. The lowest BCUT2D eigenvalue weighted by atomic mass is 9.94. The second kappa shape index (κ2) is 7.31. The molecule has 0 saturated carbocycles. The van der Waals surface area contributed by atoms with E-state index < -0.39 is 5.54 Å². The number of rotatable bonds is 4. The zero-order chi connectivity index (χ0) is 23.3. The number of nitrogens with zero attached hydrogens (tertiary/aromatic N) is 5. The van der Waals surface area contributed by atoms with Crippen LogP contribution in [-0.2, 0) is 12.6 Å². The Kier molecular flexibility index (Phi) is 4.53. The summed E-state index contributed by atoms with van der Waals surface area (Å²) in [6.07, 6.45) is 3.19. The van der Waals surface area contributed by atoms with Crippen molar-refractivity contribution in [2.75, 3.05) is 5.32 Å². The number of carbonyl (C=O) groups is 1. The van der Waals surface area contributed by atoms with Crippen LogP contribution >= 0.6 is 0 Å².